The van der Waals surface area contributed by atoms with Gasteiger partial charge in [-0.05, 0) is 53.3 Å². The number of hydrogen-bond acceptors (Lipinski definition) is 2. The van der Waals surface area contributed by atoms with Gasteiger partial charge in [0.25, 0.3) is 0 Å². The zero-order valence-electron chi connectivity index (χ0n) is 12.9. The molecule has 0 bridgehead atoms. The molecular formula is C19H19NO3. The van der Waals surface area contributed by atoms with Crippen LogP contribution >= 0.6 is 0 Å². The standard InChI is InChI=1S/C19H19NO3/c21-18(14-5-6-15(9-14)19(22)23)20-10-16-7-12-3-1-2-4-13(12)8-17(16)11-20/h1-4,7-8,14-15H,5-6,9-11H2,(H,22,23). The van der Waals surface area contributed by atoms with Crippen molar-refractivity contribution in [2.45, 2.75) is 32.4 Å². The summed E-state index contributed by atoms with van der Waals surface area (Å²) in [5.41, 5.74) is 2.43. The summed E-state index contributed by atoms with van der Waals surface area (Å²) in [7, 11) is 0. The Bertz CT molecular complexity index is 754. The van der Waals surface area contributed by atoms with Crippen molar-refractivity contribution in [1.29, 1.82) is 0 Å². The molecule has 1 aliphatic carbocycles. The fourth-order valence-electron chi connectivity index (χ4n) is 3.94. The summed E-state index contributed by atoms with van der Waals surface area (Å²) in [6.07, 6.45) is 1.81. The monoisotopic (exact) mass is 309 g/mol. The molecule has 1 fully saturated rings. The molecule has 1 aliphatic heterocycles. The number of nitrogens with zero attached hydrogens (tertiary/aromatic N) is 1. The van der Waals surface area contributed by atoms with Crippen LogP contribution in [0.15, 0.2) is 36.4 Å². The molecule has 118 valence electrons. The van der Waals surface area contributed by atoms with E-state index in [1.165, 1.54) is 21.9 Å². The average Bonchev–Trinajstić information content (AvgIpc) is 3.18. The molecule has 1 heterocycles. The highest BCUT2D eigenvalue weighted by Gasteiger charge is 2.37. The molecular weight excluding hydrogens is 290 g/mol. The van der Waals surface area contributed by atoms with E-state index in [-0.39, 0.29) is 17.7 Å². The zero-order valence-corrected chi connectivity index (χ0v) is 12.9. The molecule has 2 aliphatic rings. The van der Waals surface area contributed by atoms with E-state index in [0.29, 0.717) is 32.4 Å². The minimum Gasteiger partial charge on any atom is -0.481 e. The highest BCUT2D eigenvalue weighted by molar-refractivity contribution is 5.86. The highest BCUT2D eigenvalue weighted by Crippen LogP contribution is 2.35. The predicted molar refractivity (Wildman–Crippen MR) is 86.7 cm³/mol. The van der Waals surface area contributed by atoms with Crippen molar-refractivity contribution in [3.05, 3.63) is 47.5 Å². The van der Waals surface area contributed by atoms with Crippen LogP contribution in [-0.4, -0.2) is 21.9 Å². The number of aliphatic carboxylic acids is 1. The van der Waals surface area contributed by atoms with Crippen molar-refractivity contribution >= 4 is 22.6 Å². The Balaban J connectivity index is 1.52. The summed E-state index contributed by atoms with van der Waals surface area (Å²) in [6, 6.07) is 12.6. The van der Waals surface area contributed by atoms with Crippen molar-refractivity contribution in [1.82, 2.24) is 4.90 Å². The lowest BCUT2D eigenvalue weighted by atomic mass is 10.0. The number of hydrogen-bond donors (Lipinski definition) is 1. The quantitative estimate of drug-likeness (QED) is 0.927. The fraction of sp³-hybridized carbons (Fsp3) is 0.368. The molecule has 2 aromatic rings. The lowest BCUT2D eigenvalue weighted by Crippen LogP contribution is -2.31. The maximum atomic E-state index is 12.7. The van der Waals surface area contributed by atoms with Gasteiger partial charge in [0.05, 0.1) is 5.92 Å². The zero-order chi connectivity index (χ0) is 16.0. The number of carboxylic acid groups (broad SMARTS) is 1. The van der Waals surface area contributed by atoms with Gasteiger partial charge in [-0.1, -0.05) is 24.3 Å². The van der Waals surface area contributed by atoms with Crippen LogP contribution in [0.4, 0.5) is 0 Å². The van der Waals surface area contributed by atoms with Crippen LogP contribution in [0.1, 0.15) is 30.4 Å². The van der Waals surface area contributed by atoms with Gasteiger partial charge in [-0.15, -0.1) is 0 Å². The second-order valence-electron chi connectivity index (χ2n) is 6.71. The summed E-state index contributed by atoms with van der Waals surface area (Å²) in [5.74, 6) is -1.12. The first-order valence-electron chi connectivity index (χ1n) is 8.14. The third-order valence-electron chi connectivity index (χ3n) is 5.23. The van der Waals surface area contributed by atoms with Gasteiger partial charge in [-0.2, -0.15) is 0 Å². The minimum absolute atomic E-state index is 0.119. The Morgan fingerprint density at radius 1 is 0.957 bits per heavy atom. The van der Waals surface area contributed by atoms with Gasteiger partial charge in [0.15, 0.2) is 0 Å². The largest absolute Gasteiger partial charge is 0.481 e. The normalized spacial score (nSPS) is 23.2. The lowest BCUT2D eigenvalue weighted by molar-refractivity contribution is -0.141. The van der Waals surface area contributed by atoms with E-state index >= 15 is 0 Å². The first kappa shape index (κ1) is 14.2. The molecule has 0 aromatic heterocycles. The molecule has 1 amide bonds. The van der Waals surface area contributed by atoms with Gasteiger partial charge < -0.3 is 10.0 Å². The Kier molecular flexibility index (Phi) is 3.33. The molecule has 2 unspecified atom stereocenters. The van der Waals surface area contributed by atoms with E-state index in [9.17, 15) is 9.59 Å². The second kappa shape index (κ2) is 5.37. The van der Waals surface area contributed by atoms with E-state index in [2.05, 4.69) is 24.3 Å². The van der Waals surface area contributed by atoms with Crippen LogP contribution in [0.2, 0.25) is 0 Å². The van der Waals surface area contributed by atoms with Gasteiger partial charge in [0, 0.05) is 19.0 Å². The van der Waals surface area contributed by atoms with Crippen LogP contribution < -0.4 is 0 Å². The summed E-state index contributed by atoms with van der Waals surface area (Å²) < 4.78 is 0. The lowest BCUT2D eigenvalue weighted by Gasteiger charge is -2.19. The third-order valence-corrected chi connectivity index (χ3v) is 5.23. The van der Waals surface area contributed by atoms with Gasteiger partial charge >= 0.3 is 5.97 Å². The van der Waals surface area contributed by atoms with Gasteiger partial charge in [0.1, 0.15) is 0 Å². The summed E-state index contributed by atoms with van der Waals surface area (Å²) >= 11 is 0. The van der Waals surface area contributed by atoms with Gasteiger partial charge in [0.2, 0.25) is 5.91 Å². The van der Waals surface area contributed by atoms with Gasteiger partial charge in [-0.3, -0.25) is 9.59 Å². The Morgan fingerprint density at radius 3 is 2.04 bits per heavy atom. The molecule has 1 saturated carbocycles. The number of fused-ring (bicyclic) bond motifs is 2. The third kappa shape index (κ3) is 2.48. The topological polar surface area (TPSA) is 57.6 Å². The van der Waals surface area contributed by atoms with Crippen LogP contribution in [0.3, 0.4) is 0 Å². The van der Waals surface area contributed by atoms with Crippen molar-refractivity contribution in [3.63, 3.8) is 0 Å². The van der Waals surface area contributed by atoms with Crippen molar-refractivity contribution < 1.29 is 14.7 Å². The van der Waals surface area contributed by atoms with Crippen molar-refractivity contribution in [2.75, 3.05) is 0 Å². The Labute approximate surface area is 134 Å². The molecule has 0 saturated heterocycles. The molecule has 4 heteroatoms. The number of benzene rings is 2. The molecule has 23 heavy (non-hydrogen) atoms. The molecule has 2 atom stereocenters. The fourth-order valence-corrected chi connectivity index (χ4v) is 3.94. The number of carbonyl (C=O) groups excluding carboxylic acids is 1. The van der Waals surface area contributed by atoms with E-state index in [1.807, 2.05) is 17.0 Å². The molecule has 0 spiro atoms. The Morgan fingerprint density at radius 2 is 1.52 bits per heavy atom. The average molecular weight is 309 g/mol. The maximum absolute atomic E-state index is 12.7. The van der Waals surface area contributed by atoms with E-state index in [4.69, 9.17) is 5.11 Å². The predicted octanol–water partition coefficient (Wildman–Crippen LogP) is 3.18. The first-order valence-corrected chi connectivity index (χ1v) is 8.14. The second-order valence-corrected chi connectivity index (χ2v) is 6.71. The summed E-state index contributed by atoms with van der Waals surface area (Å²) in [6.45, 7) is 1.29. The van der Waals surface area contributed by atoms with Crippen molar-refractivity contribution in [3.8, 4) is 0 Å². The first-order chi connectivity index (χ1) is 11.1. The van der Waals surface area contributed by atoms with Crippen LogP contribution in [0.5, 0.6) is 0 Å². The summed E-state index contributed by atoms with van der Waals surface area (Å²) in [5, 5.41) is 11.5. The number of rotatable bonds is 2. The van der Waals surface area contributed by atoms with Gasteiger partial charge in [-0.25, -0.2) is 0 Å². The molecule has 0 radical (unpaired) electrons. The van der Waals surface area contributed by atoms with Crippen LogP contribution in [0, 0.1) is 11.8 Å². The van der Waals surface area contributed by atoms with E-state index in [0.717, 1.165) is 0 Å². The summed E-state index contributed by atoms with van der Waals surface area (Å²) in [4.78, 5) is 25.7. The van der Waals surface area contributed by atoms with E-state index in [1.54, 1.807) is 0 Å². The van der Waals surface area contributed by atoms with Crippen molar-refractivity contribution in [2.24, 2.45) is 11.8 Å². The number of amides is 1. The maximum Gasteiger partial charge on any atom is 0.306 e. The minimum atomic E-state index is -0.767. The Hall–Kier alpha value is -2.36. The highest BCUT2D eigenvalue weighted by atomic mass is 16.4. The number of carboxylic acids is 1. The molecule has 2 aromatic carbocycles. The number of carbonyl (C=O) groups is 2. The van der Waals surface area contributed by atoms with Crippen LogP contribution in [-0.2, 0) is 22.7 Å². The van der Waals surface area contributed by atoms with E-state index < -0.39 is 5.97 Å². The molecule has 4 nitrogen and oxygen atoms in total. The smallest absolute Gasteiger partial charge is 0.306 e. The van der Waals surface area contributed by atoms with Crippen LogP contribution in [0.25, 0.3) is 10.8 Å². The molecule has 1 N–H and O–H groups in total. The molecule has 4 rings (SSSR count). The SMILES string of the molecule is O=C(O)C1CCC(C(=O)N2Cc3cc4ccccc4cc3C2)C1.